The van der Waals surface area contributed by atoms with Crippen LogP contribution >= 0.6 is 0 Å². The van der Waals surface area contributed by atoms with E-state index in [-0.39, 0.29) is 17.1 Å². The van der Waals surface area contributed by atoms with Crippen molar-refractivity contribution in [2.45, 2.75) is 0 Å². The molecule has 0 rings (SSSR count). The van der Waals surface area contributed by atoms with Gasteiger partial charge in [0.2, 0.25) is 0 Å². The van der Waals surface area contributed by atoms with Crippen LogP contribution < -0.4 is 0 Å². The molecule has 0 spiro atoms. The van der Waals surface area contributed by atoms with Gasteiger partial charge in [-0.3, -0.25) is 0 Å². The smallest absolute Gasteiger partial charge is 0 e. The standard InChI is InChI=1S/Cu.H2O3Te/c;1-4(2)3/h;(H2,1,2,3). The summed E-state index contributed by atoms with van der Waals surface area (Å²) in [7, 11) is 0. The van der Waals surface area contributed by atoms with Crippen molar-refractivity contribution in [3.8, 4) is 0 Å². The van der Waals surface area contributed by atoms with Gasteiger partial charge in [-0.2, -0.15) is 0 Å². The molecule has 0 aliphatic heterocycles. The van der Waals surface area contributed by atoms with Gasteiger partial charge in [0.15, 0.2) is 0 Å². The molecule has 0 aliphatic rings. The van der Waals surface area contributed by atoms with E-state index in [4.69, 9.17) is 10.0 Å². The fourth-order valence-corrected chi connectivity index (χ4v) is 0. The van der Waals surface area contributed by atoms with Crippen LogP contribution in [0.1, 0.15) is 0 Å². The summed E-state index contributed by atoms with van der Waals surface area (Å²) in [6.07, 6.45) is 0. The van der Waals surface area contributed by atoms with Gasteiger partial charge in [-0.1, -0.05) is 0 Å². The predicted molar refractivity (Wildman–Crippen MR) is 10.9 cm³/mol. The summed E-state index contributed by atoms with van der Waals surface area (Å²) < 4.78 is 23.3. The van der Waals surface area contributed by atoms with E-state index in [1.807, 2.05) is 0 Å². The topological polar surface area (TPSA) is 57.5 Å². The minimum Gasteiger partial charge on any atom is 0 e. The first-order valence-corrected chi connectivity index (χ1v) is 3.57. The first-order chi connectivity index (χ1) is 1.73. The molecule has 0 aromatic heterocycles. The molecule has 2 N–H and O–H groups in total. The van der Waals surface area contributed by atoms with Gasteiger partial charge in [0.1, 0.15) is 0 Å². The van der Waals surface area contributed by atoms with E-state index < -0.39 is 20.4 Å². The third-order valence-electron chi connectivity index (χ3n) is 0. The van der Waals surface area contributed by atoms with Crippen LogP contribution in [-0.2, 0) is 20.2 Å². The molecule has 5 heteroatoms. The Kier molecular flexibility index (Phi) is 9.45. The van der Waals surface area contributed by atoms with Gasteiger partial charge in [0.25, 0.3) is 0 Å². The summed E-state index contributed by atoms with van der Waals surface area (Å²) in [5.41, 5.74) is 0. The van der Waals surface area contributed by atoms with E-state index in [0.29, 0.717) is 0 Å². The van der Waals surface area contributed by atoms with Crippen molar-refractivity contribution in [1.82, 2.24) is 0 Å². The Morgan fingerprint density at radius 3 is 1.40 bits per heavy atom. The van der Waals surface area contributed by atoms with E-state index in [0.717, 1.165) is 0 Å². The molecule has 37 valence electrons. The van der Waals surface area contributed by atoms with Gasteiger partial charge in [-0.25, -0.2) is 0 Å². The van der Waals surface area contributed by atoms with Crippen molar-refractivity contribution >= 4 is 20.4 Å². The van der Waals surface area contributed by atoms with Crippen molar-refractivity contribution in [1.29, 1.82) is 0 Å². The van der Waals surface area contributed by atoms with E-state index >= 15 is 0 Å². The van der Waals surface area contributed by atoms with Gasteiger partial charge in [0.05, 0.1) is 0 Å². The quantitative estimate of drug-likeness (QED) is 0.501. The number of rotatable bonds is 0. The van der Waals surface area contributed by atoms with Crippen LogP contribution in [0.4, 0.5) is 0 Å². The molecular formula is H2CuO3Te. The third kappa shape index (κ3) is 43.6. The Hall–Kier alpha value is 1.03. The van der Waals surface area contributed by atoms with Crippen molar-refractivity contribution in [3.05, 3.63) is 0 Å². The van der Waals surface area contributed by atoms with Crippen molar-refractivity contribution in [2.24, 2.45) is 0 Å². The van der Waals surface area contributed by atoms with E-state index in [2.05, 4.69) is 0 Å². The predicted octanol–water partition coefficient (Wildman–Crippen LogP) is -1.62. The Bertz CT molecular complexity index is 29.9. The molecule has 0 saturated heterocycles. The Balaban J connectivity index is 0. The summed E-state index contributed by atoms with van der Waals surface area (Å²) in [5, 5.41) is 0. The molecule has 0 atom stereocenters. The van der Waals surface area contributed by atoms with Gasteiger partial charge >= 0.3 is 30.4 Å². The van der Waals surface area contributed by atoms with Crippen LogP contribution in [0.25, 0.3) is 0 Å². The molecule has 0 aromatic carbocycles. The van der Waals surface area contributed by atoms with Gasteiger partial charge in [-0.15, -0.1) is 0 Å². The van der Waals surface area contributed by atoms with Gasteiger partial charge in [0, 0.05) is 17.1 Å². The van der Waals surface area contributed by atoms with Crippen LogP contribution in [0, 0.1) is 0 Å². The minimum absolute atomic E-state index is 0. The first kappa shape index (κ1) is 9.39. The van der Waals surface area contributed by atoms with E-state index in [1.165, 1.54) is 0 Å². The molecule has 0 aliphatic carbocycles. The van der Waals surface area contributed by atoms with Crippen LogP contribution in [0.2, 0.25) is 0 Å². The Morgan fingerprint density at radius 1 is 1.40 bits per heavy atom. The summed E-state index contributed by atoms with van der Waals surface area (Å²) in [5.74, 6) is 0. The molecule has 0 heterocycles. The normalized spacial score (nSPS) is 7.00. The van der Waals surface area contributed by atoms with Gasteiger partial charge < -0.3 is 0 Å². The zero-order chi connectivity index (χ0) is 3.58. The molecule has 0 unspecified atom stereocenters. The van der Waals surface area contributed by atoms with Crippen LogP contribution in [-0.4, -0.2) is 27.3 Å². The Labute approximate surface area is 47.6 Å². The zero-order valence-corrected chi connectivity index (χ0v) is 5.28. The summed E-state index contributed by atoms with van der Waals surface area (Å²) in [6.45, 7) is 0. The fraction of sp³-hybridized carbons (Fsp3) is 0. The SMILES string of the molecule is O=[Te](O)O.[Cu]. The van der Waals surface area contributed by atoms with Crippen molar-refractivity contribution < 1.29 is 27.1 Å². The monoisotopic (exact) mass is 243 g/mol. The second kappa shape index (κ2) is 5.03. The van der Waals surface area contributed by atoms with E-state index in [9.17, 15) is 0 Å². The Morgan fingerprint density at radius 2 is 1.40 bits per heavy atom. The van der Waals surface area contributed by atoms with Crippen LogP contribution in [0.5, 0.6) is 0 Å². The minimum atomic E-state index is -3.61. The second-order valence-electron chi connectivity index (χ2n) is 0.231. The fourth-order valence-electron chi connectivity index (χ4n) is 0. The molecule has 0 saturated carbocycles. The van der Waals surface area contributed by atoms with Crippen LogP contribution in [0.15, 0.2) is 0 Å². The number of hydrogen-bond donors (Lipinski definition) is 2. The first-order valence-electron chi connectivity index (χ1n) is 0.532. The van der Waals surface area contributed by atoms with Crippen molar-refractivity contribution in [3.63, 3.8) is 0 Å². The van der Waals surface area contributed by atoms with Gasteiger partial charge in [-0.05, 0) is 0 Å². The molecule has 1 radical (unpaired) electrons. The molecule has 0 fully saturated rings. The maximum atomic E-state index is 8.81. The van der Waals surface area contributed by atoms with E-state index in [1.54, 1.807) is 0 Å². The maximum absolute atomic E-state index is 8.81. The molecule has 0 bridgehead atoms. The maximum Gasteiger partial charge on any atom is 0 e. The molecule has 0 aromatic rings. The molecule has 5 heavy (non-hydrogen) atoms. The van der Waals surface area contributed by atoms with Crippen molar-refractivity contribution in [2.75, 3.05) is 0 Å². The third-order valence-corrected chi connectivity index (χ3v) is 0. The summed E-state index contributed by atoms with van der Waals surface area (Å²) >= 11 is -3.61. The van der Waals surface area contributed by atoms with Crippen LogP contribution in [0.3, 0.4) is 0 Å². The summed E-state index contributed by atoms with van der Waals surface area (Å²) in [6, 6.07) is 0. The molecule has 3 nitrogen and oxygen atoms in total. The average Bonchev–Trinajstić information content (AvgIpc) is 0.811. The zero-order valence-electron chi connectivity index (χ0n) is 2.01. The molecule has 0 amide bonds. The summed E-state index contributed by atoms with van der Waals surface area (Å²) in [4.78, 5) is 0. The number of hydrogen-bond acceptors (Lipinski definition) is 1. The second-order valence-corrected chi connectivity index (χ2v) is 1.55. The average molecular weight is 241 g/mol. The molecular weight excluding hydrogens is 239 g/mol. The largest absolute Gasteiger partial charge is 0 e.